The summed E-state index contributed by atoms with van der Waals surface area (Å²) in [6, 6.07) is 22.7. The van der Waals surface area contributed by atoms with Crippen molar-refractivity contribution in [2.75, 3.05) is 11.9 Å². The Morgan fingerprint density at radius 3 is 2.50 bits per heavy atom. The number of para-hydroxylation sites is 1. The van der Waals surface area contributed by atoms with Crippen molar-refractivity contribution < 1.29 is 18.7 Å². The van der Waals surface area contributed by atoms with Gasteiger partial charge in [-0.15, -0.1) is 0 Å². The van der Waals surface area contributed by atoms with Crippen molar-refractivity contribution in [1.29, 1.82) is 0 Å². The lowest BCUT2D eigenvalue weighted by molar-refractivity contribution is -0.118. The number of anilines is 1. The molecule has 2 N–H and O–H groups in total. The van der Waals surface area contributed by atoms with Crippen LogP contribution < -0.4 is 21.0 Å². The van der Waals surface area contributed by atoms with E-state index < -0.39 is 11.5 Å². The zero-order chi connectivity index (χ0) is 24.1. The number of hydrogen-bond acceptors (Lipinski definition) is 5. The van der Waals surface area contributed by atoms with Gasteiger partial charge in [0.15, 0.2) is 6.61 Å². The fraction of sp³-hybridized carbons (Fsp3) is 0.148. The lowest BCUT2D eigenvalue weighted by Gasteiger charge is -2.16. The number of carbonyl (C=O) groups is 2. The lowest BCUT2D eigenvalue weighted by atomic mass is 10.1. The van der Waals surface area contributed by atoms with Gasteiger partial charge < -0.3 is 19.8 Å². The number of nitrogens with one attached hydrogen (secondary N) is 2. The third kappa shape index (κ3) is 5.32. The van der Waals surface area contributed by atoms with E-state index in [9.17, 15) is 14.4 Å². The van der Waals surface area contributed by atoms with Crippen LogP contribution in [0.4, 0.5) is 5.69 Å². The second-order valence-corrected chi connectivity index (χ2v) is 7.89. The first-order valence-corrected chi connectivity index (χ1v) is 10.8. The van der Waals surface area contributed by atoms with E-state index in [0.29, 0.717) is 22.6 Å². The fourth-order valence-electron chi connectivity index (χ4n) is 3.62. The number of ether oxygens (including phenoxy) is 1. The summed E-state index contributed by atoms with van der Waals surface area (Å²) in [7, 11) is 0. The zero-order valence-electron chi connectivity index (χ0n) is 18.8. The molecule has 1 heterocycles. The first-order chi connectivity index (χ1) is 16.4. The summed E-state index contributed by atoms with van der Waals surface area (Å²) in [6.07, 6.45) is 0. The van der Waals surface area contributed by atoms with Gasteiger partial charge in [-0.05, 0) is 49.2 Å². The van der Waals surface area contributed by atoms with Gasteiger partial charge in [0.25, 0.3) is 11.8 Å². The zero-order valence-corrected chi connectivity index (χ0v) is 18.8. The Labute approximate surface area is 196 Å². The van der Waals surface area contributed by atoms with E-state index in [0.717, 1.165) is 16.5 Å². The molecule has 0 bridgehead atoms. The number of hydrogen-bond donors (Lipinski definition) is 2. The second-order valence-electron chi connectivity index (χ2n) is 7.89. The molecular weight excluding hydrogens is 432 g/mol. The predicted octanol–water partition coefficient (Wildman–Crippen LogP) is 4.61. The molecular formula is C27H24N2O5. The van der Waals surface area contributed by atoms with Gasteiger partial charge in [0, 0.05) is 17.5 Å². The molecule has 7 heteroatoms. The molecule has 0 spiro atoms. The Hall–Kier alpha value is -4.39. The van der Waals surface area contributed by atoms with Crippen LogP contribution in [0.3, 0.4) is 0 Å². The SMILES string of the molecule is Cc1cc(=O)oc2cc(OCC(=O)Nc3ccccc3C(=O)NC(C)c3ccccc3)ccc12. The van der Waals surface area contributed by atoms with Crippen LogP contribution in [-0.4, -0.2) is 18.4 Å². The van der Waals surface area contributed by atoms with Gasteiger partial charge in [0.1, 0.15) is 11.3 Å². The molecule has 1 atom stereocenters. The molecule has 1 unspecified atom stereocenters. The molecule has 4 rings (SSSR count). The minimum atomic E-state index is -0.448. The normalized spacial score (nSPS) is 11.6. The van der Waals surface area contributed by atoms with Crippen molar-refractivity contribution in [3.8, 4) is 5.75 Å². The first-order valence-electron chi connectivity index (χ1n) is 10.8. The third-order valence-electron chi connectivity index (χ3n) is 5.39. The Morgan fingerprint density at radius 2 is 1.71 bits per heavy atom. The number of aryl methyl sites for hydroxylation is 1. The maximum atomic E-state index is 12.9. The van der Waals surface area contributed by atoms with Gasteiger partial charge in [0.2, 0.25) is 0 Å². The van der Waals surface area contributed by atoms with Crippen LogP contribution in [0.1, 0.15) is 34.5 Å². The summed E-state index contributed by atoms with van der Waals surface area (Å²) in [5.41, 5.74) is 2.45. The number of amides is 2. The van der Waals surface area contributed by atoms with Gasteiger partial charge in [-0.3, -0.25) is 9.59 Å². The van der Waals surface area contributed by atoms with Crippen molar-refractivity contribution in [2.45, 2.75) is 19.9 Å². The molecule has 0 fully saturated rings. The minimum absolute atomic E-state index is 0.197. The van der Waals surface area contributed by atoms with E-state index in [1.54, 1.807) is 42.5 Å². The summed E-state index contributed by atoms with van der Waals surface area (Å²) in [5.74, 6) is -0.339. The molecule has 1 aromatic heterocycles. The van der Waals surface area contributed by atoms with Crippen molar-refractivity contribution in [3.05, 3.63) is 106 Å². The molecule has 2 amide bonds. The van der Waals surface area contributed by atoms with E-state index in [1.807, 2.05) is 44.2 Å². The summed E-state index contributed by atoms with van der Waals surface area (Å²) < 4.78 is 10.8. The second kappa shape index (κ2) is 10.0. The Bertz CT molecular complexity index is 1400. The average Bonchev–Trinajstić information content (AvgIpc) is 2.83. The molecule has 34 heavy (non-hydrogen) atoms. The monoisotopic (exact) mass is 456 g/mol. The number of fused-ring (bicyclic) bond motifs is 1. The maximum absolute atomic E-state index is 12.9. The summed E-state index contributed by atoms with van der Waals surface area (Å²) in [5, 5.41) is 6.48. The number of rotatable bonds is 7. The molecule has 0 aliphatic rings. The van der Waals surface area contributed by atoms with Crippen molar-refractivity contribution in [1.82, 2.24) is 5.32 Å². The average molecular weight is 456 g/mol. The van der Waals surface area contributed by atoms with Gasteiger partial charge in [-0.1, -0.05) is 42.5 Å². The number of benzene rings is 3. The molecule has 7 nitrogen and oxygen atoms in total. The highest BCUT2D eigenvalue weighted by Gasteiger charge is 2.16. The van der Waals surface area contributed by atoms with Crippen LogP contribution in [0.5, 0.6) is 5.75 Å². The van der Waals surface area contributed by atoms with E-state index in [-0.39, 0.29) is 18.6 Å². The molecule has 0 radical (unpaired) electrons. The smallest absolute Gasteiger partial charge is 0.336 e. The molecule has 172 valence electrons. The topological polar surface area (TPSA) is 97.6 Å². The van der Waals surface area contributed by atoms with Crippen molar-refractivity contribution in [3.63, 3.8) is 0 Å². The summed E-state index contributed by atoms with van der Waals surface area (Å²) in [4.78, 5) is 37.0. The van der Waals surface area contributed by atoms with Crippen LogP contribution in [0.25, 0.3) is 11.0 Å². The van der Waals surface area contributed by atoms with Gasteiger partial charge in [-0.25, -0.2) is 4.79 Å². The molecule has 4 aromatic rings. The Morgan fingerprint density at radius 1 is 0.971 bits per heavy atom. The van der Waals surface area contributed by atoms with Crippen LogP contribution >= 0.6 is 0 Å². The Balaban J connectivity index is 1.41. The first kappa shape index (κ1) is 22.8. The molecule has 0 saturated heterocycles. The third-order valence-corrected chi connectivity index (χ3v) is 5.39. The van der Waals surface area contributed by atoms with E-state index in [1.165, 1.54) is 6.07 Å². The standard InChI is InChI=1S/C27H24N2O5/c1-17-14-26(31)34-24-15-20(12-13-21(17)24)33-16-25(30)29-23-11-7-6-10-22(23)27(32)28-18(2)19-8-4-3-5-9-19/h3-15,18H,16H2,1-2H3,(H,28,32)(H,29,30). The maximum Gasteiger partial charge on any atom is 0.336 e. The minimum Gasteiger partial charge on any atom is -0.484 e. The fourth-order valence-corrected chi connectivity index (χ4v) is 3.62. The quantitative estimate of drug-likeness (QED) is 0.396. The molecule has 0 aliphatic carbocycles. The molecule has 0 saturated carbocycles. The van der Waals surface area contributed by atoms with Gasteiger partial charge in [0.05, 0.1) is 17.3 Å². The van der Waals surface area contributed by atoms with Crippen molar-refractivity contribution in [2.24, 2.45) is 0 Å². The highest BCUT2D eigenvalue weighted by atomic mass is 16.5. The highest BCUT2D eigenvalue weighted by Crippen LogP contribution is 2.22. The van der Waals surface area contributed by atoms with Crippen LogP contribution in [0.15, 0.2) is 88.1 Å². The van der Waals surface area contributed by atoms with Gasteiger partial charge >= 0.3 is 5.63 Å². The summed E-state index contributed by atoms with van der Waals surface area (Å²) in [6.45, 7) is 3.44. The lowest BCUT2D eigenvalue weighted by Crippen LogP contribution is -2.28. The van der Waals surface area contributed by atoms with Gasteiger partial charge in [-0.2, -0.15) is 0 Å². The van der Waals surface area contributed by atoms with Crippen LogP contribution in [0.2, 0.25) is 0 Å². The highest BCUT2D eigenvalue weighted by molar-refractivity contribution is 6.04. The summed E-state index contributed by atoms with van der Waals surface area (Å²) >= 11 is 0. The van der Waals surface area contributed by atoms with Crippen molar-refractivity contribution >= 4 is 28.5 Å². The largest absolute Gasteiger partial charge is 0.484 e. The van der Waals surface area contributed by atoms with Crippen LogP contribution in [-0.2, 0) is 4.79 Å². The van der Waals surface area contributed by atoms with E-state index in [4.69, 9.17) is 9.15 Å². The molecule has 3 aromatic carbocycles. The molecule has 0 aliphatic heterocycles. The Kier molecular flexibility index (Phi) is 6.73. The predicted molar refractivity (Wildman–Crippen MR) is 130 cm³/mol. The van der Waals surface area contributed by atoms with Crippen LogP contribution in [0, 0.1) is 6.92 Å². The number of carbonyl (C=O) groups excluding carboxylic acids is 2. The van der Waals surface area contributed by atoms with E-state index in [2.05, 4.69) is 10.6 Å². The van der Waals surface area contributed by atoms with E-state index >= 15 is 0 Å².